The van der Waals surface area contributed by atoms with Crippen molar-refractivity contribution < 1.29 is 5.11 Å². The summed E-state index contributed by atoms with van der Waals surface area (Å²) in [6.45, 7) is 7.03. The quantitative estimate of drug-likeness (QED) is 0.521. The summed E-state index contributed by atoms with van der Waals surface area (Å²) in [6, 6.07) is 0.650. The van der Waals surface area contributed by atoms with Crippen LogP contribution in [0.5, 0.6) is 0 Å². The van der Waals surface area contributed by atoms with Gasteiger partial charge in [0.2, 0.25) is 0 Å². The van der Waals surface area contributed by atoms with E-state index in [9.17, 15) is 5.11 Å². The highest BCUT2D eigenvalue weighted by atomic mass is 16.3. The summed E-state index contributed by atoms with van der Waals surface area (Å²) in [5, 5.41) is 12.7. The van der Waals surface area contributed by atoms with E-state index in [2.05, 4.69) is 16.9 Å². The molecule has 0 aliphatic heterocycles. The highest BCUT2D eigenvalue weighted by Gasteiger charge is 2.13. The molecule has 0 saturated heterocycles. The highest BCUT2D eigenvalue weighted by Crippen LogP contribution is 2.17. The van der Waals surface area contributed by atoms with Crippen molar-refractivity contribution in [2.45, 2.75) is 44.8 Å². The first-order valence-corrected chi connectivity index (χ1v) is 6.41. The zero-order valence-corrected chi connectivity index (χ0v) is 11.0. The lowest BCUT2D eigenvalue weighted by atomic mass is 10.2. The van der Waals surface area contributed by atoms with Gasteiger partial charge in [0.1, 0.15) is 0 Å². The van der Waals surface area contributed by atoms with Gasteiger partial charge in [0.15, 0.2) is 0 Å². The largest absolute Gasteiger partial charge is 0.392 e. The fraction of sp³-hybridized carbons (Fsp3) is 0.769. The number of hydrogen-bond donors (Lipinski definition) is 2. The Kier molecular flexibility index (Phi) is 6.22. The lowest BCUT2D eigenvalue weighted by Gasteiger charge is -2.15. The summed E-state index contributed by atoms with van der Waals surface area (Å²) in [7, 11) is 1.90. The third-order valence-electron chi connectivity index (χ3n) is 2.94. The molecule has 1 fully saturated rings. The first-order valence-electron chi connectivity index (χ1n) is 6.41. The molecule has 1 rings (SSSR count). The van der Waals surface area contributed by atoms with E-state index in [1.807, 2.05) is 11.9 Å². The van der Waals surface area contributed by atoms with E-state index in [4.69, 9.17) is 0 Å². The Balaban J connectivity index is 2.16. The summed E-state index contributed by atoms with van der Waals surface area (Å²) in [6.07, 6.45) is 6.62. The number of rotatable bonds is 7. The van der Waals surface area contributed by atoms with Crippen molar-refractivity contribution in [3.63, 3.8) is 0 Å². The average Bonchev–Trinajstić information content (AvgIpc) is 2.75. The van der Waals surface area contributed by atoms with Crippen LogP contribution in [-0.2, 0) is 0 Å². The monoisotopic (exact) mass is 239 g/mol. The third kappa shape index (κ3) is 6.44. The molecule has 4 nitrogen and oxygen atoms in total. The Hall–Kier alpha value is -0.870. The first-order chi connectivity index (χ1) is 8.08. The lowest BCUT2D eigenvalue weighted by molar-refractivity contribution is 0.169. The van der Waals surface area contributed by atoms with Crippen LogP contribution in [0.4, 0.5) is 0 Å². The van der Waals surface area contributed by atoms with Gasteiger partial charge in [-0.3, -0.25) is 0 Å². The molecule has 2 N–H and O–H groups in total. The van der Waals surface area contributed by atoms with E-state index in [0.29, 0.717) is 12.6 Å². The van der Waals surface area contributed by atoms with Gasteiger partial charge >= 0.3 is 0 Å². The fourth-order valence-electron chi connectivity index (χ4n) is 2.08. The smallest absolute Gasteiger partial charge is 0.0906 e. The molecule has 0 bridgehead atoms. The number of aliphatic hydroxyl groups is 1. The molecule has 0 aromatic heterocycles. The Morgan fingerprint density at radius 3 is 2.82 bits per heavy atom. The lowest BCUT2D eigenvalue weighted by Crippen LogP contribution is -2.28. The zero-order chi connectivity index (χ0) is 12.7. The number of nitrogens with zero attached hydrogens (tertiary/aromatic N) is 2. The van der Waals surface area contributed by atoms with Gasteiger partial charge in [-0.1, -0.05) is 19.4 Å². The predicted octanol–water partition coefficient (Wildman–Crippen LogP) is 1.37. The van der Waals surface area contributed by atoms with Crippen LogP contribution in [-0.4, -0.2) is 48.6 Å². The van der Waals surface area contributed by atoms with Crippen LogP contribution in [0.15, 0.2) is 17.3 Å². The summed E-state index contributed by atoms with van der Waals surface area (Å²) < 4.78 is 0. The van der Waals surface area contributed by atoms with Crippen molar-refractivity contribution in [1.29, 1.82) is 0 Å². The van der Waals surface area contributed by atoms with E-state index in [0.717, 1.165) is 12.2 Å². The fourth-order valence-corrected chi connectivity index (χ4v) is 2.08. The molecule has 98 valence electrons. The van der Waals surface area contributed by atoms with E-state index in [-0.39, 0.29) is 6.10 Å². The second kappa shape index (κ2) is 7.45. The predicted molar refractivity (Wildman–Crippen MR) is 72.2 cm³/mol. The molecule has 1 atom stereocenters. The van der Waals surface area contributed by atoms with Gasteiger partial charge in [-0.05, 0) is 19.8 Å². The Bertz CT molecular complexity index is 257. The maximum absolute atomic E-state index is 9.20. The molecule has 1 aliphatic carbocycles. The second-order valence-corrected chi connectivity index (χ2v) is 4.96. The molecule has 0 spiro atoms. The van der Waals surface area contributed by atoms with Gasteiger partial charge in [-0.25, -0.2) is 4.99 Å². The zero-order valence-electron chi connectivity index (χ0n) is 11.0. The standard InChI is InChI=1S/C13H25N3O/c1-11(8-14-13-6-4-5-7-13)15-10-16(3)9-12(2)17/h10,12-14,17H,1,4-9H2,2-3H3/b15-10-. The molecule has 0 radical (unpaired) electrons. The minimum Gasteiger partial charge on any atom is -0.392 e. The number of aliphatic hydroxyl groups excluding tert-OH is 1. The molecule has 0 aromatic rings. The van der Waals surface area contributed by atoms with E-state index >= 15 is 0 Å². The van der Waals surface area contributed by atoms with Gasteiger partial charge in [0, 0.05) is 31.9 Å². The first kappa shape index (κ1) is 14.2. The topological polar surface area (TPSA) is 47.9 Å². The molecule has 1 saturated carbocycles. The van der Waals surface area contributed by atoms with Gasteiger partial charge in [-0.2, -0.15) is 0 Å². The second-order valence-electron chi connectivity index (χ2n) is 4.96. The molecular weight excluding hydrogens is 214 g/mol. The van der Waals surface area contributed by atoms with Crippen LogP contribution < -0.4 is 5.32 Å². The SMILES string of the molecule is C=C(CNC1CCCC1)/N=C\N(C)CC(C)O. The van der Waals surface area contributed by atoms with Crippen molar-refractivity contribution in [3.8, 4) is 0 Å². The van der Waals surface area contributed by atoms with E-state index in [1.165, 1.54) is 25.7 Å². The molecule has 0 heterocycles. The normalized spacial score (nSPS) is 18.8. The summed E-state index contributed by atoms with van der Waals surface area (Å²) >= 11 is 0. The van der Waals surface area contributed by atoms with Crippen molar-refractivity contribution in [3.05, 3.63) is 12.3 Å². The summed E-state index contributed by atoms with van der Waals surface area (Å²) in [4.78, 5) is 6.14. The molecular formula is C13H25N3O. The van der Waals surface area contributed by atoms with Crippen LogP contribution in [0, 0.1) is 0 Å². The minimum atomic E-state index is -0.337. The summed E-state index contributed by atoms with van der Waals surface area (Å²) in [5.41, 5.74) is 0.842. The van der Waals surface area contributed by atoms with Gasteiger partial charge in [0.05, 0.1) is 12.4 Å². The van der Waals surface area contributed by atoms with Gasteiger partial charge in [-0.15, -0.1) is 0 Å². The van der Waals surface area contributed by atoms with Crippen molar-refractivity contribution in [1.82, 2.24) is 10.2 Å². The third-order valence-corrected chi connectivity index (χ3v) is 2.94. The molecule has 1 unspecified atom stereocenters. The van der Waals surface area contributed by atoms with Crippen LogP contribution in [0.3, 0.4) is 0 Å². The molecule has 0 aromatic carbocycles. The van der Waals surface area contributed by atoms with Crippen molar-refractivity contribution in [2.24, 2.45) is 4.99 Å². The molecule has 1 aliphatic rings. The van der Waals surface area contributed by atoms with Crippen LogP contribution in [0.1, 0.15) is 32.6 Å². The number of likely N-dealkylation sites (N-methyl/N-ethyl adjacent to an activating group) is 1. The molecule has 17 heavy (non-hydrogen) atoms. The maximum Gasteiger partial charge on any atom is 0.0906 e. The minimum absolute atomic E-state index is 0.337. The maximum atomic E-state index is 9.20. The molecule has 4 heteroatoms. The Morgan fingerprint density at radius 1 is 1.59 bits per heavy atom. The Labute approximate surface area is 104 Å². The van der Waals surface area contributed by atoms with E-state index < -0.39 is 0 Å². The number of hydrogen-bond acceptors (Lipinski definition) is 3. The van der Waals surface area contributed by atoms with Crippen LogP contribution >= 0.6 is 0 Å². The van der Waals surface area contributed by atoms with Crippen molar-refractivity contribution >= 4 is 6.34 Å². The van der Waals surface area contributed by atoms with Gasteiger partial charge < -0.3 is 15.3 Å². The van der Waals surface area contributed by atoms with Gasteiger partial charge in [0.25, 0.3) is 0 Å². The summed E-state index contributed by atoms with van der Waals surface area (Å²) in [5.74, 6) is 0. The van der Waals surface area contributed by atoms with Crippen LogP contribution in [0.25, 0.3) is 0 Å². The Morgan fingerprint density at radius 2 is 2.24 bits per heavy atom. The molecule has 0 amide bonds. The highest BCUT2D eigenvalue weighted by molar-refractivity contribution is 5.56. The number of aliphatic imine (C=N–C) groups is 1. The number of nitrogens with one attached hydrogen (secondary N) is 1. The van der Waals surface area contributed by atoms with Crippen molar-refractivity contribution in [2.75, 3.05) is 20.1 Å². The average molecular weight is 239 g/mol. The van der Waals surface area contributed by atoms with E-state index in [1.54, 1.807) is 13.3 Å². The van der Waals surface area contributed by atoms with Crippen LogP contribution in [0.2, 0.25) is 0 Å².